The highest BCUT2D eigenvalue weighted by Crippen LogP contribution is 2.22. The molecule has 0 amide bonds. The van der Waals surface area contributed by atoms with Crippen LogP contribution in [0.5, 0.6) is 0 Å². The molecule has 164 valence electrons. The lowest BCUT2D eigenvalue weighted by atomic mass is 10.0. The second-order valence-corrected chi connectivity index (χ2v) is 8.16. The first-order valence-electron chi connectivity index (χ1n) is 11.0. The van der Waals surface area contributed by atoms with Crippen LogP contribution in [0.25, 0.3) is 5.69 Å². The number of piperazine rings is 1. The standard InChI is InChI=1S/C23H32F2N4O/c1-3-4-5-6-7-8-9-21-22(28-12-10-27(2)11-13-28)17-26-29(23(21)30)20-15-18(24)14-19(25)16-20/h14-17H,3-13H2,1-2H3. The lowest BCUT2D eigenvalue weighted by molar-refractivity contribution is 0.312. The number of aromatic nitrogens is 2. The molecule has 0 aliphatic carbocycles. The van der Waals surface area contributed by atoms with Gasteiger partial charge >= 0.3 is 0 Å². The molecule has 1 aliphatic rings. The fraction of sp³-hybridized carbons (Fsp3) is 0.565. The average Bonchev–Trinajstić information content (AvgIpc) is 2.71. The molecule has 0 saturated carbocycles. The van der Waals surface area contributed by atoms with Gasteiger partial charge in [0.2, 0.25) is 0 Å². The molecule has 30 heavy (non-hydrogen) atoms. The summed E-state index contributed by atoms with van der Waals surface area (Å²) in [4.78, 5) is 17.8. The molecule has 1 fully saturated rings. The molecule has 5 nitrogen and oxygen atoms in total. The molecule has 1 aromatic heterocycles. The number of halogens is 2. The van der Waals surface area contributed by atoms with Gasteiger partial charge in [-0.15, -0.1) is 0 Å². The van der Waals surface area contributed by atoms with Crippen LogP contribution in [0.4, 0.5) is 14.5 Å². The molecule has 1 saturated heterocycles. The SMILES string of the molecule is CCCCCCCCc1c(N2CCN(C)CC2)cnn(-c2cc(F)cc(F)c2)c1=O. The largest absolute Gasteiger partial charge is 0.367 e. The number of hydrogen-bond acceptors (Lipinski definition) is 4. The molecule has 3 rings (SSSR count). The summed E-state index contributed by atoms with van der Waals surface area (Å²) >= 11 is 0. The number of benzene rings is 1. The van der Waals surface area contributed by atoms with E-state index in [-0.39, 0.29) is 11.2 Å². The number of likely N-dealkylation sites (N-methyl/N-ethyl adjacent to an activating group) is 1. The Morgan fingerprint density at radius 3 is 2.23 bits per heavy atom. The zero-order valence-electron chi connectivity index (χ0n) is 18.0. The van der Waals surface area contributed by atoms with Gasteiger partial charge in [0, 0.05) is 37.8 Å². The third kappa shape index (κ3) is 5.65. The summed E-state index contributed by atoms with van der Waals surface area (Å²) in [6.07, 6.45) is 9.12. The minimum Gasteiger partial charge on any atom is -0.367 e. The highest BCUT2D eigenvalue weighted by atomic mass is 19.1. The molecule has 0 bridgehead atoms. The molecule has 0 N–H and O–H groups in total. The summed E-state index contributed by atoms with van der Waals surface area (Å²) < 4.78 is 28.5. The third-order valence-corrected chi connectivity index (χ3v) is 5.77. The Balaban J connectivity index is 1.88. The molecule has 2 heterocycles. The average molecular weight is 419 g/mol. The molecular weight excluding hydrogens is 386 g/mol. The second kappa shape index (κ2) is 10.7. The van der Waals surface area contributed by atoms with E-state index in [1.165, 1.54) is 19.3 Å². The van der Waals surface area contributed by atoms with Crippen molar-refractivity contribution in [2.24, 2.45) is 0 Å². The van der Waals surface area contributed by atoms with Gasteiger partial charge < -0.3 is 9.80 Å². The maximum atomic E-state index is 13.7. The van der Waals surface area contributed by atoms with Crippen molar-refractivity contribution >= 4 is 5.69 Å². The van der Waals surface area contributed by atoms with Crippen molar-refractivity contribution in [3.8, 4) is 5.69 Å². The first-order valence-corrected chi connectivity index (χ1v) is 11.0. The Morgan fingerprint density at radius 2 is 1.57 bits per heavy atom. The quantitative estimate of drug-likeness (QED) is 0.574. The summed E-state index contributed by atoms with van der Waals surface area (Å²) in [7, 11) is 2.09. The van der Waals surface area contributed by atoms with Crippen molar-refractivity contribution in [1.82, 2.24) is 14.7 Å². The Labute approximate surface area is 177 Å². The van der Waals surface area contributed by atoms with Gasteiger partial charge in [0.1, 0.15) is 11.6 Å². The van der Waals surface area contributed by atoms with E-state index < -0.39 is 11.6 Å². The van der Waals surface area contributed by atoms with Gasteiger partial charge in [0.15, 0.2) is 0 Å². The molecule has 7 heteroatoms. The minimum atomic E-state index is -0.723. The highest BCUT2D eigenvalue weighted by molar-refractivity contribution is 5.52. The van der Waals surface area contributed by atoms with Crippen LogP contribution in [0.15, 0.2) is 29.2 Å². The zero-order valence-corrected chi connectivity index (χ0v) is 18.0. The first kappa shape index (κ1) is 22.4. The fourth-order valence-corrected chi connectivity index (χ4v) is 3.96. The van der Waals surface area contributed by atoms with E-state index in [9.17, 15) is 13.6 Å². The molecule has 0 radical (unpaired) electrons. The predicted molar refractivity (Wildman–Crippen MR) is 117 cm³/mol. The maximum Gasteiger partial charge on any atom is 0.276 e. The van der Waals surface area contributed by atoms with Crippen molar-refractivity contribution < 1.29 is 8.78 Å². The van der Waals surface area contributed by atoms with E-state index in [0.29, 0.717) is 12.0 Å². The van der Waals surface area contributed by atoms with Crippen LogP contribution in [0.1, 0.15) is 51.0 Å². The monoisotopic (exact) mass is 418 g/mol. The summed E-state index contributed by atoms with van der Waals surface area (Å²) in [5.41, 5.74) is 1.38. The van der Waals surface area contributed by atoms with Gasteiger partial charge in [-0.3, -0.25) is 4.79 Å². The zero-order chi connectivity index (χ0) is 21.5. The van der Waals surface area contributed by atoms with Gasteiger partial charge in [0.25, 0.3) is 5.56 Å². The summed E-state index contributed by atoms with van der Waals surface area (Å²) in [5.74, 6) is -1.45. The van der Waals surface area contributed by atoms with Crippen LogP contribution in [0.3, 0.4) is 0 Å². The van der Waals surface area contributed by atoms with Gasteiger partial charge in [-0.2, -0.15) is 9.78 Å². The third-order valence-electron chi connectivity index (χ3n) is 5.77. The minimum absolute atomic E-state index is 0.117. The number of nitrogens with zero attached hydrogens (tertiary/aromatic N) is 4. The van der Waals surface area contributed by atoms with Crippen LogP contribution in [0.2, 0.25) is 0 Å². The van der Waals surface area contributed by atoms with E-state index in [4.69, 9.17) is 0 Å². The van der Waals surface area contributed by atoms with Crippen molar-refractivity contribution in [2.75, 3.05) is 38.1 Å². The molecule has 0 unspecified atom stereocenters. The molecule has 1 aliphatic heterocycles. The van der Waals surface area contributed by atoms with E-state index in [1.54, 1.807) is 6.20 Å². The second-order valence-electron chi connectivity index (χ2n) is 8.16. The highest BCUT2D eigenvalue weighted by Gasteiger charge is 2.21. The number of anilines is 1. The van der Waals surface area contributed by atoms with E-state index in [0.717, 1.165) is 74.0 Å². The van der Waals surface area contributed by atoms with Crippen molar-refractivity contribution in [3.63, 3.8) is 0 Å². The summed E-state index contributed by atoms with van der Waals surface area (Å²) in [6, 6.07) is 3.08. The molecule has 0 atom stereocenters. The summed E-state index contributed by atoms with van der Waals surface area (Å²) in [6.45, 7) is 5.71. The van der Waals surface area contributed by atoms with Crippen LogP contribution < -0.4 is 10.5 Å². The van der Waals surface area contributed by atoms with Crippen LogP contribution >= 0.6 is 0 Å². The van der Waals surface area contributed by atoms with Crippen LogP contribution in [-0.2, 0) is 6.42 Å². The number of rotatable bonds is 9. The Kier molecular flexibility index (Phi) is 7.96. The lowest BCUT2D eigenvalue weighted by Gasteiger charge is -2.34. The van der Waals surface area contributed by atoms with Gasteiger partial charge in [-0.1, -0.05) is 39.0 Å². The van der Waals surface area contributed by atoms with Crippen LogP contribution in [0, 0.1) is 11.6 Å². The Hall–Kier alpha value is -2.28. The smallest absolute Gasteiger partial charge is 0.276 e. The van der Waals surface area contributed by atoms with Crippen LogP contribution in [-0.4, -0.2) is 47.9 Å². The van der Waals surface area contributed by atoms with E-state index >= 15 is 0 Å². The van der Waals surface area contributed by atoms with Crippen molar-refractivity contribution in [1.29, 1.82) is 0 Å². The van der Waals surface area contributed by atoms with Crippen molar-refractivity contribution in [2.45, 2.75) is 51.9 Å². The predicted octanol–water partition coefficient (Wildman–Crippen LogP) is 4.17. The molecule has 2 aromatic rings. The summed E-state index contributed by atoms with van der Waals surface area (Å²) in [5, 5.41) is 4.27. The molecular formula is C23H32F2N4O. The van der Waals surface area contributed by atoms with E-state index in [1.807, 2.05) is 0 Å². The van der Waals surface area contributed by atoms with Crippen molar-refractivity contribution in [3.05, 3.63) is 51.9 Å². The fourth-order valence-electron chi connectivity index (χ4n) is 3.96. The number of hydrogen-bond donors (Lipinski definition) is 0. The molecule has 1 aromatic carbocycles. The first-order chi connectivity index (χ1) is 14.5. The van der Waals surface area contributed by atoms with Gasteiger partial charge in [-0.05, 0) is 32.0 Å². The van der Waals surface area contributed by atoms with Gasteiger partial charge in [-0.25, -0.2) is 8.78 Å². The van der Waals surface area contributed by atoms with E-state index in [2.05, 4.69) is 28.9 Å². The lowest BCUT2D eigenvalue weighted by Crippen LogP contribution is -2.45. The Bertz CT molecular complexity index is 871. The maximum absolute atomic E-state index is 13.7. The Morgan fingerprint density at radius 1 is 0.933 bits per heavy atom. The molecule has 0 spiro atoms. The topological polar surface area (TPSA) is 41.4 Å². The normalized spacial score (nSPS) is 15.0. The number of unbranched alkanes of at least 4 members (excludes halogenated alkanes) is 5. The van der Waals surface area contributed by atoms with Gasteiger partial charge in [0.05, 0.1) is 17.6 Å².